The van der Waals surface area contributed by atoms with Crippen LogP contribution in [0, 0.1) is 0 Å². The van der Waals surface area contributed by atoms with Crippen molar-refractivity contribution in [1.29, 1.82) is 0 Å². The third-order valence-corrected chi connectivity index (χ3v) is 6.15. The number of aliphatic hydroxyl groups is 1. The molecule has 0 radical (unpaired) electrons. The summed E-state index contributed by atoms with van der Waals surface area (Å²) in [5.74, 6) is 1.96. The SMILES string of the molecule is C.CCCNC[C@@H](NC(=O)CCCCCC(=O)c1ccc(OC)cc1)[C@H](O)c1ccc2c(c1)OCCO2. The summed E-state index contributed by atoms with van der Waals surface area (Å²) in [5, 5.41) is 17.3. The first-order valence-electron chi connectivity index (χ1n) is 12.8. The maximum Gasteiger partial charge on any atom is 0.220 e. The zero-order chi connectivity index (χ0) is 25.8. The maximum absolute atomic E-state index is 12.7. The number of methoxy groups -OCH3 is 1. The highest BCUT2D eigenvalue weighted by molar-refractivity contribution is 5.96. The molecule has 0 unspecified atom stereocenters. The minimum Gasteiger partial charge on any atom is -0.497 e. The van der Waals surface area contributed by atoms with Gasteiger partial charge in [-0.15, -0.1) is 0 Å². The van der Waals surface area contributed by atoms with E-state index < -0.39 is 12.1 Å². The van der Waals surface area contributed by atoms with Gasteiger partial charge in [-0.25, -0.2) is 0 Å². The average molecular weight is 515 g/mol. The smallest absolute Gasteiger partial charge is 0.220 e. The van der Waals surface area contributed by atoms with Crippen molar-refractivity contribution in [1.82, 2.24) is 10.6 Å². The summed E-state index contributed by atoms with van der Waals surface area (Å²) in [7, 11) is 1.59. The van der Waals surface area contributed by atoms with E-state index in [1.54, 1.807) is 49.6 Å². The molecule has 3 N–H and O–H groups in total. The van der Waals surface area contributed by atoms with Gasteiger partial charge in [0.25, 0.3) is 0 Å². The second kappa shape index (κ2) is 15.9. The van der Waals surface area contributed by atoms with Crippen molar-refractivity contribution in [2.24, 2.45) is 0 Å². The number of fused-ring (bicyclic) bond motifs is 1. The standard InChI is InChI=1S/C28H38N2O6.CH4/c1-3-15-29-19-23(28(33)21-11-14-25-26(18-21)36-17-16-35-25)30-27(32)8-6-4-5-7-24(31)20-9-12-22(34-2)13-10-20;/h9-14,18,23,28-29,33H,3-8,15-17,19H2,1-2H3,(H,30,32);1H4/t23-,28-;/m1./s1. The first kappa shape index (κ1) is 30.1. The minimum absolute atomic E-state index is 0. The molecule has 0 saturated heterocycles. The van der Waals surface area contributed by atoms with Crippen LogP contribution in [0.4, 0.5) is 0 Å². The highest BCUT2D eigenvalue weighted by atomic mass is 16.6. The van der Waals surface area contributed by atoms with E-state index in [1.165, 1.54) is 0 Å². The summed E-state index contributed by atoms with van der Waals surface area (Å²) in [4.78, 5) is 25.0. The van der Waals surface area contributed by atoms with Crippen LogP contribution in [0.3, 0.4) is 0 Å². The van der Waals surface area contributed by atoms with Gasteiger partial charge in [-0.05, 0) is 67.8 Å². The molecule has 1 amide bonds. The van der Waals surface area contributed by atoms with E-state index in [4.69, 9.17) is 14.2 Å². The lowest BCUT2D eigenvalue weighted by Crippen LogP contribution is -2.46. The third-order valence-electron chi connectivity index (χ3n) is 6.15. The maximum atomic E-state index is 12.7. The molecule has 0 aliphatic carbocycles. The number of hydrogen-bond donors (Lipinski definition) is 3. The van der Waals surface area contributed by atoms with Crippen molar-refractivity contribution in [3.05, 3.63) is 53.6 Å². The zero-order valence-electron chi connectivity index (χ0n) is 21.3. The predicted octanol–water partition coefficient (Wildman–Crippen LogP) is 4.45. The highest BCUT2D eigenvalue weighted by Crippen LogP contribution is 2.33. The molecule has 1 heterocycles. The summed E-state index contributed by atoms with van der Waals surface area (Å²) >= 11 is 0. The highest BCUT2D eigenvalue weighted by Gasteiger charge is 2.24. The lowest BCUT2D eigenvalue weighted by molar-refractivity contribution is -0.122. The fraction of sp³-hybridized carbons (Fsp3) is 0.517. The summed E-state index contributed by atoms with van der Waals surface area (Å²) in [6, 6.07) is 12.0. The number of nitrogens with one attached hydrogen (secondary N) is 2. The number of benzene rings is 2. The molecule has 3 rings (SSSR count). The Kier molecular flexibility index (Phi) is 12.9. The van der Waals surface area contributed by atoms with Crippen LogP contribution in [0.2, 0.25) is 0 Å². The van der Waals surface area contributed by atoms with E-state index in [0.29, 0.717) is 61.6 Å². The van der Waals surface area contributed by atoms with Crippen LogP contribution >= 0.6 is 0 Å². The molecule has 204 valence electrons. The Labute approximate surface area is 220 Å². The molecule has 37 heavy (non-hydrogen) atoms. The van der Waals surface area contributed by atoms with Gasteiger partial charge >= 0.3 is 0 Å². The minimum atomic E-state index is -0.892. The van der Waals surface area contributed by atoms with Gasteiger partial charge in [-0.1, -0.05) is 26.8 Å². The zero-order valence-corrected chi connectivity index (χ0v) is 21.3. The molecule has 1 aliphatic rings. The van der Waals surface area contributed by atoms with Crippen molar-refractivity contribution in [2.45, 2.75) is 65.0 Å². The van der Waals surface area contributed by atoms with E-state index >= 15 is 0 Å². The number of amides is 1. The van der Waals surface area contributed by atoms with E-state index in [9.17, 15) is 14.7 Å². The van der Waals surface area contributed by atoms with Crippen molar-refractivity contribution < 1.29 is 28.9 Å². The summed E-state index contributed by atoms with van der Waals surface area (Å²) in [6.45, 7) is 4.28. The predicted molar refractivity (Wildman–Crippen MR) is 145 cm³/mol. The van der Waals surface area contributed by atoms with Gasteiger partial charge < -0.3 is 30.0 Å². The molecular weight excluding hydrogens is 472 g/mol. The number of ketones is 1. The van der Waals surface area contributed by atoms with Gasteiger partial charge in [0.1, 0.15) is 25.1 Å². The van der Waals surface area contributed by atoms with E-state index in [1.807, 2.05) is 0 Å². The Morgan fingerprint density at radius 3 is 2.41 bits per heavy atom. The van der Waals surface area contributed by atoms with Gasteiger partial charge in [-0.2, -0.15) is 0 Å². The topological polar surface area (TPSA) is 106 Å². The quantitative estimate of drug-likeness (QED) is 0.238. The Morgan fingerprint density at radius 1 is 1.00 bits per heavy atom. The van der Waals surface area contributed by atoms with Crippen LogP contribution in [-0.2, 0) is 4.79 Å². The van der Waals surface area contributed by atoms with Gasteiger partial charge in [0.05, 0.1) is 13.2 Å². The molecule has 8 heteroatoms. The van der Waals surface area contributed by atoms with Crippen LogP contribution in [0.25, 0.3) is 0 Å². The molecule has 2 atom stereocenters. The van der Waals surface area contributed by atoms with Gasteiger partial charge in [0.15, 0.2) is 17.3 Å². The van der Waals surface area contributed by atoms with Gasteiger partial charge in [0, 0.05) is 24.9 Å². The fourth-order valence-electron chi connectivity index (χ4n) is 4.10. The number of hydrogen-bond acceptors (Lipinski definition) is 7. The third kappa shape index (κ3) is 9.37. The molecule has 1 aliphatic heterocycles. The molecule has 2 aromatic carbocycles. The largest absolute Gasteiger partial charge is 0.497 e. The summed E-state index contributed by atoms with van der Waals surface area (Å²) < 4.78 is 16.3. The fourth-order valence-corrected chi connectivity index (χ4v) is 4.10. The number of unbranched alkanes of at least 4 members (excludes halogenated alkanes) is 2. The first-order chi connectivity index (χ1) is 17.5. The first-order valence-corrected chi connectivity index (χ1v) is 12.8. The van der Waals surface area contributed by atoms with Crippen LogP contribution in [0.5, 0.6) is 17.2 Å². The molecule has 0 saturated carbocycles. The normalized spacial score (nSPS) is 13.7. The number of ether oxygens (including phenoxy) is 3. The summed E-state index contributed by atoms with van der Waals surface area (Å²) in [5.41, 5.74) is 1.34. The molecular formula is C29H42N2O6. The van der Waals surface area contributed by atoms with Gasteiger partial charge in [-0.3, -0.25) is 9.59 Å². The second-order valence-corrected chi connectivity index (χ2v) is 8.94. The molecule has 2 aromatic rings. The van der Waals surface area contributed by atoms with Crippen molar-refractivity contribution in [2.75, 3.05) is 33.4 Å². The number of Topliss-reactive ketones (excluding diaryl/α,β-unsaturated/α-hetero) is 1. The number of aliphatic hydroxyl groups excluding tert-OH is 1. The summed E-state index contributed by atoms with van der Waals surface area (Å²) in [6.07, 6.45) is 3.02. The number of carbonyl (C=O) groups excluding carboxylic acids is 2. The molecule has 0 spiro atoms. The van der Waals surface area contributed by atoms with E-state index in [0.717, 1.165) is 31.6 Å². The molecule has 0 aromatic heterocycles. The molecule has 8 nitrogen and oxygen atoms in total. The monoisotopic (exact) mass is 514 g/mol. The Bertz CT molecular complexity index is 979. The second-order valence-electron chi connectivity index (χ2n) is 8.94. The van der Waals surface area contributed by atoms with Crippen molar-refractivity contribution in [3.63, 3.8) is 0 Å². The van der Waals surface area contributed by atoms with Crippen molar-refractivity contribution >= 4 is 11.7 Å². The average Bonchev–Trinajstić information content (AvgIpc) is 2.91. The van der Waals surface area contributed by atoms with E-state index in [2.05, 4.69) is 17.6 Å². The number of rotatable bonds is 15. The Balaban J connectivity index is 0.00000481. The van der Waals surface area contributed by atoms with Crippen LogP contribution in [-0.4, -0.2) is 56.3 Å². The lowest BCUT2D eigenvalue weighted by atomic mass is 10.0. The van der Waals surface area contributed by atoms with Crippen molar-refractivity contribution in [3.8, 4) is 17.2 Å². The Hall–Kier alpha value is -3.10. The number of carbonyl (C=O) groups is 2. The van der Waals surface area contributed by atoms with Crippen LogP contribution < -0.4 is 24.8 Å². The Morgan fingerprint density at radius 2 is 1.70 bits per heavy atom. The molecule has 0 bridgehead atoms. The molecule has 0 fully saturated rings. The van der Waals surface area contributed by atoms with Crippen LogP contribution in [0.15, 0.2) is 42.5 Å². The van der Waals surface area contributed by atoms with Crippen LogP contribution in [0.1, 0.15) is 74.9 Å². The lowest BCUT2D eigenvalue weighted by Gasteiger charge is -2.26. The van der Waals surface area contributed by atoms with Gasteiger partial charge in [0.2, 0.25) is 5.91 Å². The van der Waals surface area contributed by atoms with E-state index in [-0.39, 0.29) is 19.1 Å².